The SMILES string of the molecule is COc1cc(OC)cc(C(CC(=O)NCc2ccncc2)c2c[nH]c3ccccc23)c1. The summed E-state index contributed by atoms with van der Waals surface area (Å²) >= 11 is 0. The lowest BCUT2D eigenvalue weighted by atomic mass is 9.87. The maximum Gasteiger partial charge on any atom is 0.221 e. The number of hydrogen-bond acceptors (Lipinski definition) is 4. The second-order valence-corrected chi connectivity index (χ2v) is 7.32. The molecule has 0 spiro atoms. The topological polar surface area (TPSA) is 76.2 Å². The number of H-pyrrole nitrogens is 1. The number of benzene rings is 2. The van der Waals surface area contributed by atoms with E-state index >= 15 is 0 Å². The highest BCUT2D eigenvalue weighted by Crippen LogP contribution is 2.36. The molecule has 2 N–H and O–H groups in total. The van der Waals surface area contributed by atoms with Crippen LogP contribution in [0.1, 0.15) is 29.0 Å². The molecule has 0 bridgehead atoms. The van der Waals surface area contributed by atoms with Gasteiger partial charge in [-0.2, -0.15) is 0 Å². The smallest absolute Gasteiger partial charge is 0.221 e. The Morgan fingerprint density at radius 1 is 1.03 bits per heavy atom. The molecule has 1 atom stereocenters. The number of ether oxygens (including phenoxy) is 2. The number of carbonyl (C=O) groups excluding carboxylic acids is 1. The van der Waals surface area contributed by atoms with Gasteiger partial charge in [0.1, 0.15) is 11.5 Å². The van der Waals surface area contributed by atoms with Gasteiger partial charge in [0, 0.05) is 54.4 Å². The molecule has 1 amide bonds. The number of carbonyl (C=O) groups is 1. The number of hydrogen-bond donors (Lipinski definition) is 2. The van der Waals surface area contributed by atoms with Crippen LogP contribution in [0.15, 0.2) is 73.2 Å². The van der Waals surface area contributed by atoms with Gasteiger partial charge in [0.05, 0.1) is 14.2 Å². The molecule has 1 unspecified atom stereocenters. The Labute approximate surface area is 181 Å². The van der Waals surface area contributed by atoms with Gasteiger partial charge in [0.15, 0.2) is 0 Å². The fourth-order valence-electron chi connectivity index (χ4n) is 3.78. The largest absolute Gasteiger partial charge is 0.497 e. The third kappa shape index (κ3) is 4.69. The number of para-hydroxylation sites is 1. The fraction of sp³-hybridized carbons (Fsp3) is 0.200. The highest BCUT2D eigenvalue weighted by molar-refractivity contribution is 5.86. The van der Waals surface area contributed by atoms with Crippen molar-refractivity contribution in [2.45, 2.75) is 18.9 Å². The van der Waals surface area contributed by atoms with Crippen LogP contribution in [0.2, 0.25) is 0 Å². The number of nitrogens with zero attached hydrogens (tertiary/aromatic N) is 1. The zero-order valence-electron chi connectivity index (χ0n) is 17.6. The minimum absolute atomic E-state index is 0.0334. The molecule has 4 rings (SSSR count). The number of methoxy groups -OCH3 is 2. The van der Waals surface area contributed by atoms with Crippen LogP contribution in [0.5, 0.6) is 11.5 Å². The minimum atomic E-state index is -0.169. The quantitative estimate of drug-likeness (QED) is 0.447. The first-order chi connectivity index (χ1) is 15.2. The summed E-state index contributed by atoms with van der Waals surface area (Å²) in [6, 6.07) is 17.6. The number of aromatic nitrogens is 2. The van der Waals surface area contributed by atoms with Gasteiger partial charge >= 0.3 is 0 Å². The number of pyridine rings is 1. The maximum absolute atomic E-state index is 12.9. The van der Waals surface area contributed by atoms with Gasteiger partial charge in [-0.15, -0.1) is 0 Å². The Bertz CT molecular complexity index is 1150. The van der Waals surface area contributed by atoms with Crippen molar-refractivity contribution < 1.29 is 14.3 Å². The van der Waals surface area contributed by atoms with Crippen molar-refractivity contribution in [3.8, 4) is 11.5 Å². The molecule has 0 saturated heterocycles. The number of fused-ring (bicyclic) bond motifs is 1. The normalized spacial score (nSPS) is 11.8. The molecule has 0 fully saturated rings. The first-order valence-corrected chi connectivity index (χ1v) is 10.1. The van der Waals surface area contributed by atoms with E-state index in [-0.39, 0.29) is 11.8 Å². The molecule has 6 nitrogen and oxygen atoms in total. The molecule has 0 aliphatic carbocycles. The summed E-state index contributed by atoms with van der Waals surface area (Å²) in [5.41, 5.74) is 4.06. The summed E-state index contributed by atoms with van der Waals surface area (Å²) in [6.07, 6.45) is 5.72. The van der Waals surface area contributed by atoms with E-state index in [0.29, 0.717) is 24.5 Å². The molecule has 31 heavy (non-hydrogen) atoms. The fourth-order valence-corrected chi connectivity index (χ4v) is 3.78. The van der Waals surface area contributed by atoms with Crippen molar-refractivity contribution >= 4 is 16.8 Å². The lowest BCUT2D eigenvalue weighted by Crippen LogP contribution is -2.25. The zero-order chi connectivity index (χ0) is 21.6. The molecule has 0 aliphatic rings. The summed E-state index contributed by atoms with van der Waals surface area (Å²) in [5, 5.41) is 4.12. The average molecular weight is 415 g/mol. The third-order valence-electron chi connectivity index (χ3n) is 5.40. The number of nitrogens with one attached hydrogen (secondary N) is 2. The van der Waals surface area contributed by atoms with E-state index in [0.717, 1.165) is 27.6 Å². The Hall–Kier alpha value is -3.80. The van der Waals surface area contributed by atoms with E-state index in [1.807, 2.05) is 54.7 Å². The maximum atomic E-state index is 12.9. The van der Waals surface area contributed by atoms with Crippen LogP contribution >= 0.6 is 0 Å². The van der Waals surface area contributed by atoms with Gasteiger partial charge in [-0.05, 0) is 47.0 Å². The van der Waals surface area contributed by atoms with E-state index in [4.69, 9.17) is 9.47 Å². The summed E-state index contributed by atoms with van der Waals surface area (Å²) in [7, 11) is 3.25. The van der Waals surface area contributed by atoms with Crippen molar-refractivity contribution in [3.63, 3.8) is 0 Å². The number of amides is 1. The van der Waals surface area contributed by atoms with Gasteiger partial charge in [-0.1, -0.05) is 18.2 Å². The van der Waals surface area contributed by atoms with Gasteiger partial charge in [0.2, 0.25) is 5.91 Å². The Morgan fingerprint density at radius 2 is 1.74 bits per heavy atom. The van der Waals surface area contributed by atoms with Crippen molar-refractivity contribution in [2.24, 2.45) is 0 Å². The average Bonchev–Trinajstić information content (AvgIpc) is 3.25. The van der Waals surface area contributed by atoms with E-state index in [2.05, 4.69) is 21.4 Å². The molecule has 0 saturated carbocycles. The molecule has 2 aromatic carbocycles. The Kier molecular flexibility index (Phi) is 6.17. The van der Waals surface area contributed by atoms with Crippen molar-refractivity contribution in [1.82, 2.24) is 15.3 Å². The van der Waals surface area contributed by atoms with Gasteiger partial charge in [0.25, 0.3) is 0 Å². The molecular weight excluding hydrogens is 390 g/mol. The zero-order valence-corrected chi connectivity index (χ0v) is 17.6. The van der Waals surface area contributed by atoms with Crippen LogP contribution in [0, 0.1) is 0 Å². The highest BCUT2D eigenvalue weighted by Gasteiger charge is 2.23. The summed E-state index contributed by atoms with van der Waals surface area (Å²) in [5.74, 6) is 1.18. The van der Waals surface area contributed by atoms with Crippen molar-refractivity contribution in [3.05, 3.63) is 89.9 Å². The van der Waals surface area contributed by atoms with Gasteiger partial charge in [-0.3, -0.25) is 9.78 Å². The molecule has 2 aromatic heterocycles. The molecule has 4 aromatic rings. The molecule has 6 heteroatoms. The highest BCUT2D eigenvalue weighted by atomic mass is 16.5. The van der Waals surface area contributed by atoms with E-state index in [9.17, 15) is 4.79 Å². The van der Waals surface area contributed by atoms with Crippen LogP contribution in [-0.4, -0.2) is 30.1 Å². The third-order valence-corrected chi connectivity index (χ3v) is 5.40. The van der Waals surface area contributed by atoms with E-state index in [1.165, 1.54) is 0 Å². The van der Waals surface area contributed by atoms with Crippen molar-refractivity contribution in [2.75, 3.05) is 14.2 Å². The van der Waals surface area contributed by atoms with Gasteiger partial charge in [-0.25, -0.2) is 0 Å². The monoisotopic (exact) mass is 415 g/mol. The summed E-state index contributed by atoms with van der Waals surface area (Å²) in [6.45, 7) is 0.462. The first-order valence-electron chi connectivity index (χ1n) is 10.1. The van der Waals surface area contributed by atoms with Crippen LogP contribution in [0.4, 0.5) is 0 Å². The van der Waals surface area contributed by atoms with E-state index < -0.39 is 0 Å². The minimum Gasteiger partial charge on any atom is -0.497 e. The molecule has 0 radical (unpaired) electrons. The Morgan fingerprint density at radius 3 is 2.45 bits per heavy atom. The molecule has 0 aliphatic heterocycles. The number of rotatable bonds is 8. The first kappa shape index (κ1) is 20.5. The van der Waals surface area contributed by atoms with Gasteiger partial charge < -0.3 is 19.8 Å². The van der Waals surface area contributed by atoms with E-state index in [1.54, 1.807) is 26.6 Å². The lowest BCUT2D eigenvalue weighted by molar-refractivity contribution is -0.121. The second kappa shape index (κ2) is 9.34. The van der Waals surface area contributed by atoms with Crippen LogP contribution in [-0.2, 0) is 11.3 Å². The van der Waals surface area contributed by atoms with Crippen molar-refractivity contribution in [1.29, 1.82) is 0 Å². The standard InChI is InChI=1S/C25H25N3O3/c1-30-19-11-18(12-20(13-19)31-2)22(23-16-27-24-6-4-3-5-21(23)24)14-25(29)28-15-17-7-9-26-10-8-17/h3-13,16,22,27H,14-15H2,1-2H3,(H,28,29). The molecular formula is C25H25N3O3. The Balaban J connectivity index is 1.67. The molecule has 2 heterocycles. The lowest BCUT2D eigenvalue weighted by Gasteiger charge is -2.19. The van der Waals surface area contributed by atoms with Crippen LogP contribution in [0.3, 0.4) is 0 Å². The number of aromatic amines is 1. The molecule has 158 valence electrons. The summed E-state index contributed by atoms with van der Waals surface area (Å²) < 4.78 is 10.9. The summed E-state index contributed by atoms with van der Waals surface area (Å²) in [4.78, 5) is 20.3. The predicted octanol–water partition coefficient (Wildman–Crippen LogP) is 4.42. The van der Waals surface area contributed by atoms with Crippen LogP contribution in [0.25, 0.3) is 10.9 Å². The predicted molar refractivity (Wildman–Crippen MR) is 120 cm³/mol. The second-order valence-electron chi connectivity index (χ2n) is 7.32. The van der Waals surface area contributed by atoms with Crippen LogP contribution < -0.4 is 14.8 Å².